The lowest BCUT2D eigenvalue weighted by molar-refractivity contribution is -0.142. The molecule has 1 N–H and O–H groups in total. The van der Waals surface area contributed by atoms with Gasteiger partial charge in [0.25, 0.3) is 5.91 Å². The molecule has 3 saturated heterocycles. The van der Waals surface area contributed by atoms with E-state index in [0.29, 0.717) is 42.3 Å². The molecular weight excluding hydrogens is 602 g/mol. The minimum Gasteiger partial charge on any atom is -0.497 e. The van der Waals surface area contributed by atoms with E-state index in [0.717, 1.165) is 0 Å². The van der Waals surface area contributed by atoms with Gasteiger partial charge in [-0.15, -0.1) is 24.9 Å². The molecule has 3 amide bonds. The van der Waals surface area contributed by atoms with Crippen molar-refractivity contribution in [2.24, 2.45) is 17.8 Å². The molecule has 246 valence electrons. The number of carbonyl (C=O) groups excluding carboxylic acids is 3. The predicted molar refractivity (Wildman–Crippen MR) is 182 cm³/mol. The van der Waals surface area contributed by atoms with Crippen molar-refractivity contribution in [3.05, 3.63) is 73.8 Å². The lowest BCUT2D eigenvalue weighted by Crippen LogP contribution is -2.59. The number of benzene rings is 2. The van der Waals surface area contributed by atoms with Gasteiger partial charge in [0.05, 0.1) is 42.9 Å². The second-order valence-corrected chi connectivity index (χ2v) is 13.7. The summed E-state index contributed by atoms with van der Waals surface area (Å²) in [5.74, 6) is -0.635. The largest absolute Gasteiger partial charge is 0.497 e. The van der Waals surface area contributed by atoms with E-state index in [1.54, 1.807) is 57.9 Å². The number of hydrogen-bond acceptors (Lipinski definition) is 7. The van der Waals surface area contributed by atoms with Crippen LogP contribution in [0.1, 0.15) is 33.6 Å². The number of ether oxygens (including phenoxy) is 2. The van der Waals surface area contributed by atoms with Gasteiger partial charge in [-0.3, -0.25) is 14.4 Å². The summed E-state index contributed by atoms with van der Waals surface area (Å²) >= 11 is 1.62. The maximum atomic E-state index is 14.9. The fourth-order valence-electron chi connectivity index (χ4n) is 7.71. The third-order valence-corrected chi connectivity index (χ3v) is 11.9. The van der Waals surface area contributed by atoms with Crippen molar-refractivity contribution in [2.75, 3.05) is 43.2 Å². The number of aliphatic hydroxyl groups is 1. The Morgan fingerprint density at radius 1 is 1.02 bits per heavy atom. The molecule has 3 heterocycles. The number of fused-ring (bicyclic) bond motifs is 1. The smallest absolute Gasteiger partial charge is 0.251 e. The summed E-state index contributed by atoms with van der Waals surface area (Å²) in [5, 5.41) is 10.4. The molecule has 0 aromatic heterocycles. The van der Waals surface area contributed by atoms with Gasteiger partial charge in [-0.05, 0) is 74.2 Å². The Labute approximate surface area is 276 Å². The Hall–Kier alpha value is -3.76. The number of methoxy groups -OCH3 is 1. The zero-order valence-corrected chi connectivity index (χ0v) is 27.9. The lowest BCUT2D eigenvalue weighted by atomic mass is 9.65. The van der Waals surface area contributed by atoms with Crippen molar-refractivity contribution in [3.63, 3.8) is 0 Å². The fourth-order valence-corrected chi connectivity index (χ4v) is 10.1. The van der Waals surface area contributed by atoms with Crippen molar-refractivity contribution in [1.29, 1.82) is 0 Å². The Kier molecular flexibility index (Phi) is 10.2. The van der Waals surface area contributed by atoms with Gasteiger partial charge < -0.3 is 29.3 Å². The Bertz CT molecular complexity index is 1440. The molecule has 3 aliphatic rings. The molecular formula is C36H45N3O6S. The first-order valence-corrected chi connectivity index (χ1v) is 16.9. The Morgan fingerprint density at radius 3 is 2.09 bits per heavy atom. The van der Waals surface area contributed by atoms with E-state index in [1.165, 1.54) is 0 Å². The van der Waals surface area contributed by atoms with Gasteiger partial charge in [0.15, 0.2) is 0 Å². The van der Waals surface area contributed by atoms with Crippen molar-refractivity contribution in [2.45, 2.75) is 55.7 Å². The fraction of sp³-hybridized carbons (Fsp3) is 0.472. The molecule has 3 aliphatic heterocycles. The number of likely N-dealkylation sites (tertiary alicyclic amines) is 1. The van der Waals surface area contributed by atoms with Crippen molar-refractivity contribution in [1.82, 2.24) is 4.90 Å². The van der Waals surface area contributed by atoms with Crippen molar-refractivity contribution < 1.29 is 29.0 Å². The highest BCUT2D eigenvalue weighted by Gasteiger charge is 2.77. The van der Waals surface area contributed by atoms with E-state index in [2.05, 4.69) is 20.1 Å². The van der Waals surface area contributed by atoms with Crippen LogP contribution in [0.15, 0.2) is 73.8 Å². The van der Waals surface area contributed by atoms with Crippen LogP contribution in [0.2, 0.25) is 0 Å². The van der Waals surface area contributed by atoms with Crippen LogP contribution in [0.5, 0.6) is 11.5 Å². The van der Waals surface area contributed by atoms with Gasteiger partial charge in [-0.1, -0.05) is 26.0 Å². The zero-order valence-electron chi connectivity index (χ0n) is 27.1. The van der Waals surface area contributed by atoms with Gasteiger partial charge in [0.2, 0.25) is 11.8 Å². The second-order valence-electron chi connectivity index (χ2n) is 12.1. The number of nitrogens with zero attached hydrogens (tertiary/aromatic N) is 3. The normalized spacial score (nSPS) is 26.8. The third-order valence-electron chi connectivity index (χ3n) is 9.78. The van der Waals surface area contributed by atoms with E-state index in [-0.39, 0.29) is 48.6 Å². The first-order valence-electron chi connectivity index (χ1n) is 16.0. The quantitative estimate of drug-likeness (QED) is 0.290. The van der Waals surface area contributed by atoms with Gasteiger partial charge in [0, 0.05) is 29.7 Å². The average Bonchev–Trinajstić information content (AvgIpc) is 3.67. The highest BCUT2D eigenvalue weighted by atomic mass is 32.2. The molecule has 0 aliphatic carbocycles. The minimum absolute atomic E-state index is 0.0181. The SMILES string of the molecule is C=CCN(C(=O)C1N([C@@H](CC)CO)C(=O)[C@@H]2[C@@H](C(=O)N(CC=C)c3ccc(OCC)cc3)[C@H]3CC(C)C12S3)c1ccc(OC)cc1. The lowest BCUT2D eigenvalue weighted by Gasteiger charge is -2.42. The van der Waals surface area contributed by atoms with Crippen LogP contribution in [0.3, 0.4) is 0 Å². The summed E-state index contributed by atoms with van der Waals surface area (Å²) in [7, 11) is 1.59. The summed E-state index contributed by atoms with van der Waals surface area (Å²) in [6.07, 6.45) is 4.52. The number of thioether (sulfide) groups is 1. The van der Waals surface area contributed by atoms with E-state index in [1.807, 2.05) is 50.2 Å². The molecule has 3 unspecified atom stereocenters. The van der Waals surface area contributed by atoms with Gasteiger partial charge in [-0.25, -0.2) is 0 Å². The first kappa shape index (κ1) is 33.6. The zero-order chi connectivity index (χ0) is 33.2. The topological polar surface area (TPSA) is 99.6 Å². The number of hydrogen-bond donors (Lipinski definition) is 1. The molecule has 5 rings (SSSR count). The number of rotatable bonds is 14. The molecule has 2 aromatic rings. The molecule has 7 atom stereocenters. The molecule has 3 fully saturated rings. The highest BCUT2D eigenvalue weighted by Crippen LogP contribution is 2.69. The first-order chi connectivity index (χ1) is 22.2. The molecule has 2 bridgehead atoms. The molecule has 1 spiro atoms. The van der Waals surface area contributed by atoms with E-state index >= 15 is 0 Å². The molecule has 2 aromatic carbocycles. The molecule has 46 heavy (non-hydrogen) atoms. The summed E-state index contributed by atoms with van der Waals surface area (Å²) in [6.45, 7) is 14.5. The summed E-state index contributed by atoms with van der Waals surface area (Å²) in [4.78, 5) is 49.2. The van der Waals surface area contributed by atoms with Gasteiger partial charge >= 0.3 is 0 Å². The number of amides is 3. The van der Waals surface area contributed by atoms with Crippen LogP contribution in [-0.2, 0) is 14.4 Å². The Balaban J connectivity index is 1.58. The average molecular weight is 648 g/mol. The molecule has 0 radical (unpaired) electrons. The van der Waals surface area contributed by atoms with Crippen molar-refractivity contribution in [3.8, 4) is 11.5 Å². The van der Waals surface area contributed by atoms with Crippen LogP contribution in [-0.4, -0.2) is 83.2 Å². The van der Waals surface area contributed by atoms with E-state index in [9.17, 15) is 19.5 Å². The summed E-state index contributed by atoms with van der Waals surface area (Å²) < 4.78 is 10.1. The van der Waals surface area contributed by atoms with Crippen LogP contribution in [0.25, 0.3) is 0 Å². The number of carbonyl (C=O) groups is 3. The van der Waals surface area contributed by atoms with Crippen LogP contribution in [0.4, 0.5) is 11.4 Å². The predicted octanol–water partition coefficient (Wildman–Crippen LogP) is 4.94. The van der Waals surface area contributed by atoms with E-state index in [4.69, 9.17) is 9.47 Å². The second kappa shape index (κ2) is 13.9. The molecule has 9 nitrogen and oxygen atoms in total. The minimum atomic E-state index is -0.870. The van der Waals surface area contributed by atoms with Crippen molar-refractivity contribution >= 4 is 40.9 Å². The van der Waals surface area contributed by atoms with E-state index < -0.39 is 28.7 Å². The maximum Gasteiger partial charge on any atom is 0.251 e. The van der Waals surface area contributed by atoms with Crippen LogP contribution < -0.4 is 19.3 Å². The molecule has 10 heteroatoms. The summed E-state index contributed by atoms with van der Waals surface area (Å²) in [5.41, 5.74) is 1.34. The maximum absolute atomic E-state index is 14.9. The number of anilines is 2. The third kappa shape index (κ3) is 5.49. The summed E-state index contributed by atoms with van der Waals surface area (Å²) in [6, 6.07) is 13.1. The standard InChI is InChI=1S/C36H45N3O6S/c1-7-19-37(25-13-17-28(18-14-25)45-10-4)33(41)30-29-21-23(5)36(46-29)31(30)34(42)39(24(9-3)22-40)32(36)35(43)38(20-8-2)26-11-15-27(44-6)16-12-26/h7-8,11-18,23-24,29-32,40H,1-2,9-10,19-22H2,3-6H3/t23?,24-,29+,30-,31-,32?,36?/m0/s1. The number of aliphatic hydroxyl groups excluding tert-OH is 1. The highest BCUT2D eigenvalue weighted by molar-refractivity contribution is 8.02. The van der Waals surface area contributed by atoms with Gasteiger partial charge in [-0.2, -0.15) is 0 Å². The van der Waals surface area contributed by atoms with Crippen LogP contribution >= 0.6 is 11.8 Å². The monoisotopic (exact) mass is 647 g/mol. The Morgan fingerprint density at radius 2 is 1.59 bits per heavy atom. The van der Waals surface area contributed by atoms with Gasteiger partial charge in [0.1, 0.15) is 17.5 Å². The molecule has 0 saturated carbocycles. The van der Waals surface area contributed by atoms with Crippen LogP contribution in [0, 0.1) is 17.8 Å².